The summed E-state index contributed by atoms with van der Waals surface area (Å²) in [5, 5.41) is 32.5. The Hall–Kier alpha value is -3.33. The Morgan fingerprint density at radius 3 is 2.36 bits per heavy atom. The van der Waals surface area contributed by atoms with E-state index < -0.39 is 83.3 Å². The van der Waals surface area contributed by atoms with Gasteiger partial charge in [-0.1, -0.05) is 0 Å². The Labute approximate surface area is 245 Å². The second-order valence-electron chi connectivity index (χ2n) is 10.0. The van der Waals surface area contributed by atoms with Crippen LogP contribution in [0.15, 0.2) is 29.7 Å². The number of hydrogen-bond donors (Lipinski definition) is 8. The van der Waals surface area contributed by atoms with Gasteiger partial charge in [0.2, 0.25) is 5.95 Å². The highest BCUT2D eigenvalue weighted by molar-refractivity contribution is 7.53. The minimum atomic E-state index is -4.98. The van der Waals surface area contributed by atoms with Gasteiger partial charge in [0.05, 0.1) is 31.6 Å². The lowest BCUT2D eigenvalue weighted by Crippen LogP contribution is -2.36. The molecule has 0 spiro atoms. The molecule has 2 saturated heterocycles. The molecule has 0 saturated carbocycles. The number of nitrogen functional groups attached to an aromatic ring is 2. The van der Waals surface area contributed by atoms with Crippen LogP contribution in [-0.4, -0.2) is 109 Å². The van der Waals surface area contributed by atoms with Gasteiger partial charge >= 0.3 is 15.9 Å². The normalized spacial score (nSPS) is 31.1. The summed E-state index contributed by atoms with van der Waals surface area (Å²) < 4.78 is 48.8. The predicted molar refractivity (Wildman–Crippen MR) is 147 cm³/mol. The number of nitrogens with zero attached hydrogens (tertiary/aromatic N) is 6. The van der Waals surface area contributed by atoms with E-state index >= 15 is 0 Å². The van der Waals surface area contributed by atoms with Crippen molar-refractivity contribution >= 4 is 49.8 Å². The molecule has 6 heterocycles. The molecule has 21 nitrogen and oxygen atoms in total. The standard InChI is InChI=1S/C21H27N9O12P2/c22-7-1-2-24-16-10(7)25-5-29(16)19-14(33)12(31)9(41-19)4-40-44(37,38)15-13(32)8(3-39-43(35)36)42-20(15)30-6-26-11-17(30)27-21(23)28-18(11)34/h1-2,5-6,8-9,12-15,19-20,31-33,43H,3-4H2,(H2,22,24)(H,35,36)(H,37,38)(H3,23,27,28,34)/t8-,9-,12-,13-,14-,15-,19-,20-/m1/s1. The first kappa shape index (κ1) is 30.7. The average Bonchev–Trinajstić information content (AvgIpc) is 3.72. The third kappa shape index (κ3) is 5.31. The highest BCUT2D eigenvalue weighted by Gasteiger charge is 2.56. The summed E-state index contributed by atoms with van der Waals surface area (Å²) in [7, 11) is -8.45. The number of nitrogens with one attached hydrogen (secondary N) is 1. The minimum Gasteiger partial charge on any atom is -0.397 e. The van der Waals surface area contributed by atoms with Gasteiger partial charge in [-0.05, 0) is 6.07 Å². The summed E-state index contributed by atoms with van der Waals surface area (Å²) in [6, 6.07) is 1.53. The Morgan fingerprint density at radius 2 is 1.64 bits per heavy atom. The second kappa shape index (κ2) is 11.5. The van der Waals surface area contributed by atoms with E-state index in [-0.39, 0.29) is 22.8 Å². The quantitative estimate of drug-likeness (QED) is 0.0866. The van der Waals surface area contributed by atoms with Crippen LogP contribution in [0.4, 0.5) is 11.6 Å². The number of nitrogens with two attached hydrogens (primary N) is 2. The molecule has 6 rings (SSSR count). The highest BCUT2D eigenvalue weighted by Crippen LogP contribution is 2.57. The molecule has 4 aromatic heterocycles. The highest BCUT2D eigenvalue weighted by atomic mass is 31.2. The Morgan fingerprint density at radius 1 is 0.977 bits per heavy atom. The fraction of sp³-hybridized carbons (Fsp3) is 0.476. The number of imidazole rings is 2. The third-order valence-corrected chi connectivity index (χ3v) is 9.58. The number of ether oxygens (including phenoxy) is 2. The smallest absolute Gasteiger partial charge is 0.338 e. The lowest BCUT2D eigenvalue weighted by Gasteiger charge is -2.27. The van der Waals surface area contributed by atoms with Gasteiger partial charge in [0.25, 0.3) is 5.56 Å². The molecule has 0 aliphatic carbocycles. The van der Waals surface area contributed by atoms with E-state index in [0.29, 0.717) is 11.2 Å². The Kier molecular flexibility index (Phi) is 8.05. The molecule has 0 aromatic carbocycles. The number of aliphatic hydroxyl groups is 3. The van der Waals surface area contributed by atoms with Crippen molar-refractivity contribution in [3.8, 4) is 0 Å². The van der Waals surface area contributed by atoms with Crippen molar-refractivity contribution in [2.75, 3.05) is 24.7 Å². The number of fused-ring (bicyclic) bond motifs is 2. The summed E-state index contributed by atoms with van der Waals surface area (Å²) in [5.41, 5.74) is 9.59. The van der Waals surface area contributed by atoms with Crippen molar-refractivity contribution in [3.63, 3.8) is 0 Å². The lowest BCUT2D eigenvalue weighted by atomic mass is 10.1. The summed E-state index contributed by atoms with van der Waals surface area (Å²) >= 11 is 0. The van der Waals surface area contributed by atoms with Crippen LogP contribution in [0.25, 0.3) is 22.3 Å². The number of H-pyrrole nitrogens is 1. The molecule has 0 amide bonds. The maximum Gasteiger partial charge on any atom is 0.338 e. The average molecular weight is 659 g/mol. The molecular weight excluding hydrogens is 632 g/mol. The van der Waals surface area contributed by atoms with Gasteiger partial charge in [0, 0.05) is 6.20 Å². The van der Waals surface area contributed by atoms with Gasteiger partial charge in [0.15, 0.2) is 29.3 Å². The Bertz CT molecular complexity index is 1830. The van der Waals surface area contributed by atoms with Crippen molar-refractivity contribution in [1.82, 2.24) is 34.1 Å². The summed E-state index contributed by atoms with van der Waals surface area (Å²) in [6.45, 7) is -1.40. The minimum absolute atomic E-state index is 0.159. The van der Waals surface area contributed by atoms with E-state index in [4.69, 9.17) is 30.4 Å². The number of aliphatic hydroxyl groups excluding tert-OH is 3. The number of pyridine rings is 1. The molecule has 0 bridgehead atoms. The maximum atomic E-state index is 13.7. The molecule has 0 radical (unpaired) electrons. The fourth-order valence-corrected chi connectivity index (χ4v) is 7.19. The molecule has 238 valence electrons. The molecule has 2 aliphatic heterocycles. The van der Waals surface area contributed by atoms with Gasteiger partial charge in [-0.2, -0.15) is 4.98 Å². The monoisotopic (exact) mass is 659 g/mol. The number of rotatable bonds is 9. The zero-order chi connectivity index (χ0) is 31.5. The number of aromatic amines is 1. The summed E-state index contributed by atoms with van der Waals surface area (Å²) in [5.74, 6) is -0.300. The van der Waals surface area contributed by atoms with Gasteiger partial charge < -0.3 is 55.1 Å². The van der Waals surface area contributed by atoms with Gasteiger partial charge in [-0.25, -0.2) is 15.0 Å². The molecule has 4 aromatic rings. The van der Waals surface area contributed by atoms with E-state index in [2.05, 4.69) is 29.4 Å². The first-order valence-corrected chi connectivity index (χ1v) is 15.8. The molecule has 23 heteroatoms. The molecule has 10 atom stereocenters. The fourth-order valence-electron chi connectivity index (χ4n) is 5.24. The molecule has 44 heavy (non-hydrogen) atoms. The maximum absolute atomic E-state index is 13.7. The molecule has 2 unspecified atom stereocenters. The van der Waals surface area contributed by atoms with Crippen LogP contribution in [0.2, 0.25) is 0 Å². The van der Waals surface area contributed by atoms with Crippen molar-refractivity contribution < 1.29 is 52.8 Å². The van der Waals surface area contributed by atoms with Gasteiger partial charge in [0.1, 0.15) is 41.7 Å². The summed E-state index contributed by atoms with van der Waals surface area (Å²) in [6.07, 6.45) is -6.73. The zero-order valence-corrected chi connectivity index (χ0v) is 24.1. The van der Waals surface area contributed by atoms with E-state index in [1.54, 1.807) is 0 Å². The SMILES string of the molecule is Nc1nc2c(ncn2[C@@H]2O[C@H](CO[PH](=O)O)[C@@H](O)[C@H]2P(=O)(O)OC[C@H]2O[C@@H](n3cnc4c(N)ccnc43)[C@H](O)[C@@H]2O)c(=O)[nH]1. The van der Waals surface area contributed by atoms with Crippen molar-refractivity contribution in [3.05, 3.63) is 35.3 Å². The molecule has 10 N–H and O–H groups in total. The van der Waals surface area contributed by atoms with Crippen LogP contribution in [-0.2, 0) is 27.7 Å². The van der Waals surface area contributed by atoms with Gasteiger partial charge in [-0.3, -0.25) is 28.0 Å². The first-order chi connectivity index (χ1) is 20.9. The van der Waals surface area contributed by atoms with Crippen LogP contribution in [0.5, 0.6) is 0 Å². The van der Waals surface area contributed by atoms with E-state index in [9.17, 15) is 34.1 Å². The Balaban J connectivity index is 1.26. The molecular formula is C21H27N9O12P2. The predicted octanol–water partition coefficient (Wildman–Crippen LogP) is -2.42. The van der Waals surface area contributed by atoms with Crippen molar-refractivity contribution in [2.24, 2.45) is 0 Å². The van der Waals surface area contributed by atoms with Crippen LogP contribution >= 0.6 is 15.9 Å². The number of anilines is 2. The molecule has 2 fully saturated rings. The van der Waals surface area contributed by atoms with E-state index in [1.165, 1.54) is 23.2 Å². The van der Waals surface area contributed by atoms with Crippen LogP contribution in [0.1, 0.15) is 12.5 Å². The second-order valence-corrected chi connectivity index (χ2v) is 12.8. The lowest BCUT2D eigenvalue weighted by molar-refractivity contribution is -0.0494. The van der Waals surface area contributed by atoms with Crippen molar-refractivity contribution in [2.45, 2.75) is 48.6 Å². The summed E-state index contributed by atoms with van der Waals surface area (Å²) in [4.78, 5) is 51.1. The van der Waals surface area contributed by atoms with Crippen LogP contribution in [0.3, 0.4) is 0 Å². The number of hydrogen-bond acceptors (Lipinski definition) is 16. The van der Waals surface area contributed by atoms with Crippen LogP contribution in [0, 0.1) is 0 Å². The van der Waals surface area contributed by atoms with Crippen molar-refractivity contribution in [1.29, 1.82) is 0 Å². The van der Waals surface area contributed by atoms with E-state index in [1.807, 2.05) is 0 Å². The zero-order valence-electron chi connectivity index (χ0n) is 22.2. The largest absolute Gasteiger partial charge is 0.397 e. The van der Waals surface area contributed by atoms with Gasteiger partial charge in [-0.15, -0.1) is 0 Å². The van der Waals surface area contributed by atoms with E-state index in [0.717, 1.165) is 10.9 Å². The third-order valence-electron chi connectivity index (χ3n) is 7.34. The molecule has 2 aliphatic rings. The first-order valence-electron chi connectivity index (χ1n) is 12.8. The van der Waals surface area contributed by atoms with Crippen LogP contribution < -0.4 is 17.0 Å². The number of aromatic nitrogens is 7. The topological polar surface area (TPSA) is 319 Å².